The molecule has 0 saturated carbocycles. The van der Waals surface area contributed by atoms with E-state index >= 15 is 0 Å². The standard InChI is InChI=1S/C13H19BrN2O2/c1-15-6-2-10-3-7-16(8-4-10)13(17)12-11(14)5-9-18-12/h5,9-10,15H,2-4,6-8H2,1H3. The zero-order valence-corrected chi connectivity index (χ0v) is 12.2. The third kappa shape index (κ3) is 3.14. The molecule has 2 heterocycles. The number of halogens is 1. The second-order valence-corrected chi connectivity index (χ2v) is 5.58. The van der Waals surface area contributed by atoms with Crippen molar-refractivity contribution in [3.63, 3.8) is 0 Å². The molecule has 0 unspecified atom stereocenters. The molecule has 1 aromatic heterocycles. The molecule has 0 atom stereocenters. The summed E-state index contributed by atoms with van der Waals surface area (Å²) in [4.78, 5) is 14.1. The summed E-state index contributed by atoms with van der Waals surface area (Å²) < 4.78 is 5.96. The molecule has 1 amide bonds. The van der Waals surface area contributed by atoms with Gasteiger partial charge < -0.3 is 14.6 Å². The minimum atomic E-state index is -0.000980. The Hall–Kier alpha value is -0.810. The lowest BCUT2D eigenvalue weighted by Crippen LogP contribution is -2.38. The molecule has 0 radical (unpaired) electrons. The Labute approximate surface area is 116 Å². The van der Waals surface area contributed by atoms with Crippen LogP contribution in [0.15, 0.2) is 21.2 Å². The number of piperidine rings is 1. The minimum absolute atomic E-state index is 0.000980. The highest BCUT2D eigenvalue weighted by Crippen LogP contribution is 2.24. The number of furan rings is 1. The Morgan fingerprint density at radius 1 is 1.56 bits per heavy atom. The van der Waals surface area contributed by atoms with Gasteiger partial charge in [0.05, 0.1) is 10.7 Å². The first-order chi connectivity index (χ1) is 8.72. The van der Waals surface area contributed by atoms with Gasteiger partial charge in [-0.05, 0) is 60.8 Å². The van der Waals surface area contributed by atoms with Crippen LogP contribution in [-0.2, 0) is 0 Å². The molecule has 0 bridgehead atoms. The summed E-state index contributed by atoms with van der Waals surface area (Å²) >= 11 is 3.33. The number of nitrogens with one attached hydrogen (secondary N) is 1. The highest BCUT2D eigenvalue weighted by atomic mass is 79.9. The van der Waals surface area contributed by atoms with Crippen LogP contribution in [0.4, 0.5) is 0 Å². The van der Waals surface area contributed by atoms with Crippen molar-refractivity contribution in [2.75, 3.05) is 26.7 Å². The number of carbonyl (C=O) groups is 1. The lowest BCUT2D eigenvalue weighted by Gasteiger charge is -2.31. The maximum absolute atomic E-state index is 12.2. The molecule has 0 spiro atoms. The largest absolute Gasteiger partial charge is 0.458 e. The van der Waals surface area contributed by atoms with Gasteiger partial charge in [0.2, 0.25) is 5.76 Å². The topological polar surface area (TPSA) is 45.5 Å². The molecule has 1 fully saturated rings. The first-order valence-corrected chi connectivity index (χ1v) is 7.18. The smallest absolute Gasteiger partial charge is 0.290 e. The van der Waals surface area contributed by atoms with Gasteiger partial charge in [-0.1, -0.05) is 0 Å². The SMILES string of the molecule is CNCCC1CCN(C(=O)c2occc2Br)CC1. The molecular weight excluding hydrogens is 296 g/mol. The minimum Gasteiger partial charge on any atom is -0.458 e. The van der Waals surface area contributed by atoms with Gasteiger partial charge >= 0.3 is 0 Å². The van der Waals surface area contributed by atoms with Crippen LogP contribution < -0.4 is 5.32 Å². The van der Waals surface area contributed by atoms with Gasteiger partial charge in [0.25, 0.3) is 5.91 Å². The van der Waals surface area contributed by atoms with E-state index in [9.17, 15) is 4.79 Å². The normalized spacial score (nSPS) is 17.1. The maximum Gasteiger partial charge on any atom is 0.290 e. The van der Waals surface area contributed by atoms with E-state index < -0.39 is 0 Å². The summed E-state index contributed by atoms with van der Waals surface area (Å²) in [5, 5.41) is 3.18. The number of carbonyl (C=O) groups excluding carboxylic acids is 1. The van der Waals surface area contributed by atoms with E-state index in [2.05, 4.69) is 21.2 Å². The summed E-state index contributed by atoms with van der Waals surface area (Å²) in [6.45, 7) is 2.73. The fraction of sp³-hybridized carbons (Fsp3) is 0.615. The second-order valence-electron chi connectivity index (χ2n) is 4.73. The molecule has 5 heteroatoms. The van der Waals surface area contributed by atoms with Crippen molar-refractivity contribution in [1.82, 2.24) is 10.2 Å². The second kappa shape index (κ2) is 6.38. The number of likely N-dealkylation sites (tertiary alicyclic amines) is 1. The van der Waals surface area contributed by atoms with E-state index in [1.165, 1.54) is 12.7 Å². The van der Waals surface area contributed by atoms with E-state index in [0.29, 0.717) is 5.76 Å². The molecule has 2 rings (SSSR count). The van der Waals surface area contributed by atoms with Crippen LogP contribution >= 0.6 is 15.9 Å². The number of hydrogen-bond acceptors (Lipinski definition) is 3. The van der Waals surface area contributed by atoms with Crippen LogP contribution in [0, 0.1) is 5.92 Å². The Morgan fingerprint density at radius 2 is 2.28 bits per heavy atom. The van der Waals surface area contributed by atoms with Gasteiger partial charge in [0.15, 0.2) is 0 Å². The average Bonchev–Trinajstić information content (AvgIpc) is 2.82. The molecule has 18 heavy (non-hydrogen) atoms. The summed E-state index contributed by atoms with van der Waals surface area (Å²) in [6, 6.07) is 1.76. The maximum atomic E-state index is 12.2. The fourth-order valence-electron chi connectivity index (χ4n) is 2.36. The first-order valence-electron chi connectivity index (χ1n) is 6.39. The van der Waals surface area contributed by atoms with Crippen LogP contribution in [0.2, 0.25) is 0 Å². The third-order valence-electron chi connectivity index (χ3n) is 3.52. The van der Waals surface area contributed by atoms with Gasteiger partial charge in [0, 0.05) is 13.1 Å². The molecule has 1 aliphatic heterocycles. The summed E-state index contributed by atoms with van der Waals surface area (Å²) in [6.07, 6.45) is 4.91. The van der Waals surface area contributed by atoms with Crippen molar-refractivity contribution < 1.29 is 9.21 Å². The molecule has 1 saturated heterocycles. The average molecular weight is 315 g/mol. The van der Waals surface area contributed by atoms with Crippen LogP contribution in [0.25, 0.3) is 0 Å². The van der Waals surface area contributed by atoms with Crippen molar-refractivity contribution >= 4 is 21.8 Å². The monoisotopic (exact) mass is 314 g/mol. The van der Waals surface area contributed by atoms with E-state index in [-0.39, 0.29) is 5.91 Å². The molecule has 4 nitrogen and oxygen atoms in total. The Balaban J connectivity index is 1.86. The molecule has 0 aliphatic carbocycles. The molecular formula is C13H19BrN2O2. The lowest BCUT2D eigenvalue weighted by molar-refractivity contribution is 0.0654. The molecule has 1 N–H and O–H groups in total. The molecule has 0 aromatic carbocycles. The Bertz CT molecular complexity index is 397. The quantitative estimate of drug-likeness (QED) is 0.928. The van der Waals surface area contributed by atoms with E-state index in [4.69, 9.17) is 4.42 Å². The fourth-order valence-corrected chi connectivity index (χ4v) is 2.73. The van der Waals surface area contributed by atoms with E-state index in [1.807, 2.05) is 11.9 Å². The van der Waals surface area contributed by atoms with Crippen molar-refractivity contribution in [3.8, 4) is 0 Å². The predicted octanol–water partition coefficient (Wildman–Crippen LogP) is 2.50. The molecule has 100 valence electrons. The van der Waals surface area contributed by atoms with Crippen LogP contribution in [0.1, 0.15) is 29.8 Å². The molecule has 1 aromatic rings. The van der Waals surface area contributed by atoms with Crippen molar-refractivity contribution in [2.45, 2.75) is 19.3 Å². The zero-order valence-electron chi connectivity index (χ0n) is 10.6. The van der Waals surface area contributed by atoms with E-state index in [0.717, 1.165) is 42.9 Å². The zero-order chi connectivity index (χ0) is 13.0. The van der Waals surface area contributed by atoms with E-state index in [1.54, 1.807) is 6.07 Å². The first kappa shape index (κ1) is 13.6. The number of nitrogens with zero attached hydrogens (tertiary/aromatic N) is 1. The van der Waals surface area contributed by atoms with Gasteiger partial charge in [0.1, 0.15) is 0 Å². The van der Waals surface area contributed by atoms with Gasteiger partial charge in [-0.2, -0.15) is 0 Å². The Morgan fingerprint density at radius 3 is 2.83 bits per heavy atom. The number of amides is 1. The van der Waals surface area contributed by atoms with Gasteiger partial charge in [-0.15, -0.1) is 0 Å². The highest BCUT2D eigenvalue weighted by molar-refractivity contribution is 9.10. The van der Waals surface area contributed by atoms with Crippen LogP contribution in [0.3, 0.4) is 0 Å². The van der Waals surface area contributed by atoms with Crippen molar-refractivity contribution in [3.05, 3.63) is 22.6 Å². The Kier molecular flexibility index (Phi) is 4.83. The van der Waals surface area contributed by atoms with Gasteiger partial charge in [-0.25, -0.2) is 0 Å². The number of hydrogen-bond donors (Lipinski definition) is 1. The third-order valence-corrected chi connectivity index (χ3v) is 4.14. The van der Waals surface area contributed by atoms with Crippen LogP contribution in [0.5, 0.6) is 0 Å². The molecule has 1 aliphatic rings. The highest BCUT2D eigenvalue weighted by Gasteiger charge is 2.26. The lowest BCUT2D eigenvalue weighted by atomic mass is 9.93. The van der Waals surface area contributed by atoms with Crippen molar-refractivity contribution in [1.29, 1.82) is 0 Å². The summed E-state index contributed by atoms with van der Waals surface area (Å²) in [5.41, 5.74) is 0. The van der Waals surface area contributed by atoms with Gasteiger partial charge in [-0.3, -0.25) is 4.79 Å². The van der Waals surface area contributed by atoms with Crippen LogP contribution in [-0.4, -0.2) is 37.5 Å². The summed E-state index contributed by atoms with van der Waals surface area (Å²) in [7, 11) is 1.98. The predicted molar refractivity (Wildman–Crippen MR) is 73.6 cm³/mol. The van der Waals surface area contributed by atoms with Crippen molar-refractivity contribution in [2.24, 2.45) is 5.92 Å². The number of rotatable bonds is 4. The summed E-state index contributed by atoms with van der Waals surface area (Å²) in [5.74, 6) is 1.16.